The van der Waals surface area contributed by atoms with Crippen LogP contribution in [0.4, 0.5) is 0 Å². The Bertz CT molecular complexity index is 425. The maximum Gasteiger partial charge on any atom is 0.154 e. The number of β-amino-alcohol motifs (C(OH)–C–C–N with tert-alkyl or cyclic N) is 1. The van der Waals surface area contributed by atoms with Gasteiger partial charge in [0.05, 0.1) is 0 Å². The molecule has 17 heavy (non-hydrogen) atoms. The molecule has 0 radical (unpaired) electrons. The molecule has 0 amide bonds. The van der Waals surface area contributed by atoms with Crippen molar-refractivity contribution in [3.05, 3.63) is 10.3 Å². The average Bonchev–Trinajstić information content (AvgIpc) is 2.96. The molecule has 1 saturated carbocycles. The van der Waals surface area contributed by atoms with Gasteiger partial charge in [-0.25, -0.2) is 4.68 Å². The molecule has 1 aromatic rings. The minimum Gasteiger partial charge on any atom is -0.382 e. The third kappa shape index (κ3) is 1.82. The van der Waals surface area contributed by atoms with Crippen molar-refractivity contribution in [2.24, 2.45) is 7.05 Å². The summed E-state index contributed by atoms with van der Waals surface area (Å²) in [5, 5.41) is 18.8. The number of nitrogens with zero attached hydrogens (tertiary/aromatic N) is 4. The molecule has 1 saturated heterocycles. The van der Waals surface area contributed by atoms with Crippen molar-refractivity contribution in [1.82, 2.24) is 19.9 Å². The van der Waals surface area contributed by atoms with Gasteiger partial charge < -0.3 is 5.11 Å². The summed E-state index contributed by atoms with van der Waals surface area (Å²) in [7, 11) is 1.83. The van der Waals surface area contributed by atoms with E-state index in [1.54, 1.807) is 4.68 Å². The highest BCUT2D eigenvalue weighted by molar-refractivity contribution is 9.10. The number of aliphatic hydroxyl groups is 1. The van der Waals surface area contributed by atoms with Crippen molar-refractivity contribution in [2.45, 2.75) is 43.9 Å². The van der Waals surface area contributed by atoms with Crippen LogP contribution in [-0.2, 0) is 12.6 Å². The molecule has 94 valence electrons. The molecule has 2 unspecified atom stereocenters. The molecule has 0 aromatic carbocycles. The van der Waals surface area contributed by atoms with Gasteiger partial charge in [0.1, 0.15) is 11.3 Å². The molecule has 2 atom stereocenters. The molecule has 2 heterocycles. The van der Waals surface area contributed by atoms with Gasteiger partial charge in [0, 0.05) is 25.7 Å². The van der Waals surface area contributed by atoms with E-state index in [9.17, 15) is 5.11 Å². The fraction of sp³-hybridized carbons (Fsp3) is 0.818. The Balaban J connectivity index is 1.92. The Morgan fingerprint density at radius 3 is 2.71 bits per heavy atom. The number of halogens is 1. The molecule has 1 aliphatic heterocycles. The summed E-state index contributed by atoms with van der Waals surface area (Å²) in [6.07, 6.45) is 3.29. The van der Waals surface area contributed by atoms with E-state index in [1.165, 1.54) is 12.8 Å². The van der Waals surface area contributed by atoms with E-state index in [4.69, 9.17) is 0 Å². The quantitative estimate of drug-likeness (QED) is 0.886. The van der Waals surface area contributed by atoms with Crippen LogP contribution >= 0.6 is 15.9 Å². The average molecular weight is 301 g/mol. The van der Waals surface area contributed by atoms with E-state index in [-0.39, 0.29) is 0 Å². The first-order valence-electron chi connectivity index (χ1n) is 6.05. The highest BCUT2D eigenvalue weighted by Gasteiger charge is 2.49. The van der Waals surface area contributed by atoms with Crippen molar-refractivity contribution in [2.75, 3.05) is 6.54 Å². The lowest BCUT2D eigenvalue weighted by molar-refractivity contribution is 0.0363. The molecule has 1 N–H and O–H groups in total. The summed E-state index contributed by atoms with van der Waals surface area (Å²) >= 11 is 3.38. The van der Waals surface area contributed by atoms with Crippen molar-refractivity contribution in [3.63, 3.8) is 0 Å². The van der Waals surface area contributed by atoms with E-state index < -0.39 is 5.60 Å². The van der Waals surface area contributed by atoms with Crippen LogP contribution in [0.25, 0.3) is 0 Å². The Hall–Kier alpha value is -0.460. The highest BCUT2D eigenvalue weighted by atomic mass is 79.9. The maximum absolute atomic E-state index is 10.9. The smallest absolute Gasteiger partial charge is 0.154 e. The summed E-state index contributed by atoms with van der Waals surface area (Å²) in [6.45, 7) is 2.88. The Kier molecular flexibility index (Phi) is 2.57. The van der Waals surface area contributed by atoms with Crippen LogP contribution in [-0.4, -0.2) is 43.6 Å². The van der Waals surface area contributed by atoms with Gasteiger partial charge in [0.2, 0.25) is 0 Å². The first kappa shape index (κ1) is 11.6. The lowest BCUT2D eigenvalue weighted by Crippen LogP contribution is -2.34. The zero-order chi connectivity index (χ0) is 12.2. The van der Waals surface area contributed by atoms with Crippen LogP contribution in [0.15, 0.2) is 4.60 Å². The number of rotatable bonds is 2. The fourth-order valence-corrected chi connectivity index (χ4v) is 3.72. The third-order valence-electron chi connectivity index (χ3n) is 3.89. The van der Waals surface area contributed by atoms with Crippen LogP contribution < -0.4 is 0 Å². The SMILES string of the molecule is CC1CC(O)(c2c(Br)nnn2C)CN1C1CC1. The minimum absolute atomic E-state index is 0.425. The second kappa shape index (κ2) is 3.76. The topological polar surface area (TPSA) is 54.2 Å². The van der Waals surface area contributed by atoms with E-state index in [1.807, 2.05) is 7.05 Å². The molecule has 3 rings (SSSR count). The molecular weight excluding hydrogens is 284 g/mol. The Labute approximate surface area is 109 Å². The summed E-state index contributed by atoms with van der Waals surface area (Å²) in [6, 6.07) is 1.10. The second-order valence-electron chi connectivity index (χ2n) is 5.34. The lowest BCUT2D eigenvalue weighted by atomic mass is 9.97. The zero-order valence-corrected chi connectivity index (χ0v) is 11.7. The monoisotopic (exact) mass is 300 g/mol. The molecule has 6 heteroatoms. The van der Waals surface area contributed by atoms with E-state index in [2.05, 4.69) is 38.1 Å². The van der Waals surface area contributed by atoms with Crippen LogP contribution in [0.5, 0.6) is 0 Å². The van der Waals surface area contributed by atoms with Gasteiger partial charge in [-0.1, -0.05) is 5.21 Å². The van der Waals surface area contributed by atoms with Gasteiger partial charge in [0.15, 0.2) is 4.60 Å². The minimum atomic E-state index is -0.820. The first-order chi connectivity index (χ1) is 8.01. The third-order valence-corrected chi connectivity index (χ3v) is 4.42. The van der Waals surface area contributed by atoms with Gasteiger partial charge in [0.25, 0.3) is 0 Å². The molecule has 2 fully saturated rings. The van der Waals surface area contributed by atoms with E-state index in [0.717, 1.165) is 12.1 Å². The normalized spacial score (nSPS) is 34.5. The van der Waals surface area contributed by atoms with Crippen LogP contribution in [0.3, 0.4) is 0 Å². The van der Waals surface area contributed by atoms with Gasteiger partial charge in [-0.15, -0.1) is 5.10 Å². The molecular formula is C11H17BrN4O. The van der Waals surface area contributed by atoms with Gasteiger partial charge in [-0.05, 0) is 42.1 Å². The zero-order valence-electron chi connectivity index (χ0n) is 10.1. The van der Waals surface area contributed by atoms with Crippen LogP contribution in [0.1, 0.15) is 31.9 Å². The van der Waals surface area contributed by atoms with Crippen LogP contribution in [0.2, 0.25) is 0 Å². The van der Waals surface area contributed by atoms with Crippen LogP contribution in [0, 0.1) is 0 Å². The van der Waals surface area contributed by atoms with Gasteiger partial charge in [-0.3, -0.25) is 4.90 Å². The first-order valence-corrected chi connectivity index (χ1v) is 6.84. The van der Waals surface area contributed by atoms with Crippen molar-refractivity contribution in [3.8, 4) is 0 Å². The van der Waals surface area contributed by atoms with E-state index >= 15 is 0 Å². The van der Waals surface area contributed by atoms with Gasteiger partial charge >= 0.3 is 0 Å². The van der Waals surface area contributed by atoms with Gasteiger partial charge in [-0.2, -0.15) is 0 Å². The lowest BCUT2D eigenvalue weighted by Gasteiger charge is -2.23. The molecule has 1 aliphatic carbocycles. The molecule has 0 spiro atoms. The molecule has 2 aliphatic rings. The fourth-order valence-electron chi connectivity index (χ4n) is 3.02. The molecule has 1 aromatic heterocycles. The molecule has 0 bridgehead atoms. The number of hydrogen-bond donors (Lipinski definition) is 1. The summed E-state index contributed by atoms with van der Waals surface area (Å²) in [5.74, 6) is 0. The van der Waals surface area contributed by atoms with Crippen molar-refractivity contribution < 1.29 is 5.11 Å². The largest absolute Gasteiger partial charge is 0.382 e. The Morgan fingerprint density at radius 1 is 1.47 bits per heavy atom. The summed E-state index contributed by atoms with van der Waals surface area (Å²) < 4.78 is 2.33. The Morgan fingerprint density at radius 2 is 2.18 bits per heavy atom. The summed E-state index contributed by atoms with van der Waals surface area (Å²) in [4.78, 5) is 2.42. The molecule has 5 nitrogen and oxygen atoms in total. The number of likely N-dealkylation sites (tertiary alicyclic amines) is 1. The van der Waals surface area contributed by atoms with E-state index in [0.29, 0.717) is 23.2 Å². The van der Waals surface area contributed by atoms with Crippen molar-refractivity contribution in [1.29, 1.82) is 0 Å². The number of aryl methyl sites for hydroxylation is 1. The predicted molar refractivity (Wildman–Crippen MR) is 66.4 cm³/mol. The number of hydrogen-bond acceptors (Lipinski definition) is 4. The number of aromatic nitrogens is 3. The highest BCUT2D eigenvalue weighted by Crippen LogP contribution is 2.42. The predicted octanol–water partition coefficient (Wildman–Crippen LogP) is 1.02. The second-order valence-corrected chi connectivity index (χ2v) is 6.09. The summed E-state index contributed by atoms with van der Waals surface area (Å²) in [5.41, 5.74) is -0.0217. The van der Waals surface area contributed by atoms with Crippen molar-refractivity contribution >= 4 is 15.9 Å². The maximum atomic E-state index is 10.9. The standard InChI is InChI=1S/C11H17BrN4O/c1-7-5-11(17,6-16(7)8-3-4-8)9-10(12)13-14-15(9)2/h7-8,17H,3-6H2,1-2H3.